The molecule has 0 aliphatic heterocycles. The van der Waals surface area contributed by atoms with Gasteiger partial charge in [0.1, 0.15) is 6.04 Å². The first-order valence-corrected chi connectivity index (χ1v) is 5.02. The minimum atomic E-state index is -0.324. The third-order valence-electron chi connectivity index (χ3n) is 1.81. The highest BCUT2D eigenvalue weighted by molar-refractivity contribution is 6.42. The van der Waals surface area contributed by atoms with Crippen molar-refractivity contribution in [3.05, 3.63) is 33.8 Å². The number of hydrogen-bond acceptors (Lipinski definition) is 2. The minimum absolute atomic E-state index is 0.324. The van der Waals surface area contributed by atoms with Crippen LogP contribution in [0.2, 0.25) is 10.0 Å². The van der Waals surface area contributed by atoms with Crippen LogP contribution in [0, 0.1) is 11.3 Å². The molecular formula is C10H10Cl2N2. The minimum Gasteiger partial charge on any atom is -0.298 e. The van der Waals surface area contributed by atoms with E-state index in [1.807, 2.05) is 6.92 Å². The fraction of sp³-hybridized carbons (Fsp3) is 0.300. The van der Waals surface area contributed by atoms with Gasteiger partial charge in [-0.05, 0) is 24.2 Å². The van der Waals surface area contributed by atoms with E-state index in [1.165, 1.54) is 0 Å². The molecule has 0 heterocycles. The topological polar surface area (TPSA) is 35.8 Å². The Labute approximate surface area is 93.4 Å². The summed E-state index contributed by atoms with van der Waals surface area (Å²) in [7, 11) is 0. The quantitative estimate of drug-likeness (QED) is 0.863. The van der Waals surface area contributed by atoms with E-state index < -0.39 is 0 Å². The number of hydrogen-bond donors (Lipinski definition) is 1. The fourth-order valence-electron chi connectivity index (χ4n) is 1.13. The first kappa shape index (κ1) is 11.3. The van der Waals surface area contributed by atoms with E-state index >= 15 is 0 Å². The zero-order valence-electron chi connectivity index (χ0n) is 7.72. The summed E-state index contributed by atoms with van der Waals surface area (Å²) in [6.45, 7) is 2.68. The summed E-state index contributed by atoms with van der Waals surface area (Å²) in [6.07, 6.45) is 0. The van der Waals surface area contributed by atoms with Crippen LogP contribution in [0.3, 0.4) is 0 Å². The Balaban J connectivity index is 2.95. The Kier molecular flexibility index (Phi) is 4.21. The highest BCUT2D eigenvalue weighted by Gasteiger charge is 2.09. The maximum Gasteiger partial charge on any atom is 0.121 e. The van der Waals surface area contributed by atoms with Crippen LogP contribution in [0.25, 0.3) is 0 Å². The van der Waals surface area contributed by atoms with Crippen LogP contribution in [0.4, 0.5) is 0 Å². The number of nitriles is 1. The van der Waals surface area contributed by atoms with Crippen molar-refractivity contribution in [2.45, 2.75) is 13.0 Å². The van der Waals surface area contributed by atoms with Gasteiger partial charge in [-0.3, -0.25) is 5.32 Å². The molecule has 1 atom stereocenters. The zero-order chi connectivity index (χ0) is 10.6. The molecule has 0 bridgehead atoms. The van der Waals surface area contributed by atoms with Crippen LogP contribution in [0.5, 0.6) is 0 Å². The predicted molar refractivity (Wildman–Crippen MR) is 58.5 cm³/mol. The van der Waals surface area contributed by atoms with Crippen LogP contribution in [-0.2, 0) is 0 Å². The van der Waals surface area contributed by atoms with Crippen LogP contribution in [0.1, 0.15) is 18.5 Å². The van der Waals surface area contributed by atoms with Gasteiger partial charge in [-0.2, -0.15) is 5.26 Å². The van der Waals surface area contributed by atoms with E-state index in [2.05, 4.69) is 11.4 Å². The molecule has 4 heteroatoms. The lowest BCUT2D eigenvalue weighted by Gasteiger charge is -2.10. The summed E-state index contributed by atoms with van der Waals surface area (Å²) in [6, 6.07) is 7.03. The lowest BCUT2D eigenvalue weighted by Crippen LogP contribution is -2.19. The first-order chi connectivity index (χ1) is 6.69. The van der Waals surface area contributed by atoms with E-state index in [1.54, 1.807) is 18.2 Å². The van der Waals surface area contributed by atoms with Crippen LogP contribution < -0.4 is 5.32 Å². The van der Waals surface area contributed by atoms with E-state index in [0.29, 0.717) is 10.0 Å². The molecule has 0 saturated heterocycles. The van der Waals surface area contributed by atoms with Gasteiger partial charge in [-0.15, -0.1) is 0 Å². The number of rotatable bonds is 3. The van der Waals surface area contributed by atoms with Gasteiger partial charge in [0.25, 0.3) is 0 Å². The predicted octanol–water partition coefficient (Wildman–Crippen LogP) is 3.17. The summed E-state index contributed by atoms with van der Waals surface area (Å²) in [5.41, 5.74) is 0.837. The third-order valence-corrected chi connectivity index (χ3v) is 2.55. The summed E-state index contributed by atoms with van der Waals surface area (Å²) >= 11 is 11.6. The van der Waals surface area contributed by atoms with Crippen molar-refractivity contribution in [2.24, 2.45) is 0 Å². The summed E-state index contributed by atoms with van der Waals surface area (Å²) < 4.78 is 0. The monoisotopic (exact) mass is 228 g/mol. The molecule has 2 nitrogen and oxygen atoms in total. The SMILES string of the molecule is CCNC(C#N)c1ccc(Cl)c(Cl)c1. The Morgan fingerprint density at radius 3 is 2.64 bits per heavy atom. The highest BCUT2D eigenvalue weighted by atomic mass is 35.5. The van der Waals surface area contributed by atoms with Gasteiger partial charge in [-0.25, -0.2) is 0 Å². The Morgan fingerprint density at radius 1 is 1.43 bits per heavy atom. The van der Waals surface area contributed by atoms with Gasteiger partial charge in [0, 0.05) is 0 Å². The molecule has 1 N–H and O–H groups in total. The molecule has 0 aliphatic rings. The van der Waals surface area contributed by atoms with E-state index in [4.69, 9.17) is 28.5 Å². The molecule has 0 radical (unpaired) electrons. The second-order valence-electron chi connectivity index (χ2n) is 2.79. The Hall–Kier alpha value is -0.750. The highest BCUT2D eigenvalue weighted by Crippen LogP contribution is 2.25. The maximum atomic E-state index is 8.88. The molecule has 1 unspecified atom stereocenters. The summed E-state index contributed by atoms with van der Waals surface area (Å²) in [5, 5.41) is 12.9. The van der Waals surface area contributed by atoms with Crippen LogP contribution in [-0.4, -0.2) is 6.54 Å². The van der Waals surface area contributed by atoms with Gasteiger partial charge in [-0.1, -0.05) is 36.2 Å². The zero-order valence-corrected chi connectivity index (χ0v) is 9.23. The number of nitrogens with one attached hydrogen (secondary N) is 1. The second kappa shape index (κ2) is 5.21. The van der Waals surface area contributed by atoms with Gasteiger partial charge in [0.05, 0.1) is 16.1 Å². The van der Waals surface area contributed by atoms with Gasteiger partial charge in [0.2, 0.25) is 0 Å². The average molecular weight is 229 g/mol. The molecular weight excluding hydrogens is 219 g/mol. The number of halogens is 2. The molecule has 74 valence electrons. The number of benzene rings is 1. The second-order valence-corrected chi connectivity index (χ2v) is 3.61. The van der Waals surface area contributed by atoms with E-state index in [0.717, 1.165) is 12.1 Å². The lowest BCUT2D eigenvalue weighted by atomic mass is 10.1. The lowest BCUT2D eigenvalue weighted by molar-refractivity contribution is 0.658. The molecule has 0 aliphatic carbocycles. The van der Waals surface area contributed by atoms with Crippen molar-refractivity contribution in [1.82, 2.24) is 5.32 Å². The molecule has 0 spiro atoms. The normalized spacial score (nSPS) is 12.1. The molecule has 0 amide bonds. The Bertz CT molecular complexity index is 358. The standard InChI is InChI=1S/C10H10Cl2N2/c1-2-14-10(6-13)7-3-4-8(11)9(12)5-7/h3-5,10,14H,2H2,1H3. The van der Waals surface area contributed by atoms with Crippen molar-refractivity contribution >= 4 is 23.2 Å². The van der Waals surface area contributed by atoms with Gasteiger partial charge < -0.3 is 0 Å². The Morgan fingerprint density at radius 2 is 2.14 bits per heavy atom. The third kappa shape index (κ3) is 2.62. The molecule has 1 aromatic rings. The molecule has 0 saturated carbocycles. The molecule has 1 aromatic carbocycles. The fourth-order valence-corrected chi connectivity index (χ4v) is 1.44. The van der Waals surface area contributed by atoms with Crippen molar-refractivity contribution < 1.29 is 0 Å². The summed E-state index contributed by atoms with van der Waals surface area (Å²) in [4.78, 5) is 0. The van der Waals surface area contributed by atoms with E-state index in [-0.39, 0.29) is 6.04 Å². The van der Waals surface area contributed by atoms with Crippen molar-refractivity contribution in [2.75, 3.05) is 6.54 Å². The smallest absolute Gasteiger partial charge is 0.121 e. The van der Waals surface area contributed by atoms with Crippen molar-refractivity contribution in [3.63, 3.8) is 0 Å². The number of nitrogens with zero attached hydrogens (tertiary/aromatic N) is 1. The first-order valence-electron chi connectivity index (χ1n) is 4.27. The van der Waals surface area contributed by atoms with Crippen molar-refractivity contribution in [3.8, 4) is 6.07 Å². The van der Waals surface area contributed by atoms with Gasteiger partial charge in [0.15, 0.2) is 0 Å². The van der Waals surface area contributed by atoms with Crippen molar-refractivity contribution in [1.29, 1.82) is 5.26 Å². The average Bonchev–Trinajstić information content (AvgIpc) is 2.19. The van der Waals surface area contributed by atoms with Crippen LogP contribution >= 0.6 is 23.2 Å². The van der Waals surface area contributed by atoms with Crippen LogP contribution in [0.15, 0.2) is 18.2 Å². The molecule has 1 rings (SSSR count). The largest absolute Gasteiger partial charge is 0.298 e. The molecule has 14 heavy (non-hydrogen) atoms. The molecule has 0 aromatic heterocycles. The summed E-state index contributed by atoms with van der Waals surface area (Å²) in [5.74, 6) is 0. The van der Waals surface area contributed by atoms with E-state index in [9.17, 15) is 0 Å². The maximum absolute atomic E-state index is 8.88. The molecule has 0 fully saturated rings. The van der Waals surface area contributed by atoms with Gasteiger partial charge >= 0.3 is 0 Å².